The Morgan fingerprint density at radius 2 is 1.95 bits per heavy atom. The van der Waals surface area contributed by atoms with E-state index in [0.717, 1.165) is 30.3 Å². The van der Waals surface area contributed by atoms with Crippen molar-refractivity contribution < 1.29 is 0 Å². The molecule has 0 aliphatic heterocycles. The van der Waals surface area contributed by atoms with E-state index in [1.54, 1.807) is 0 Å². The molecule has 1 heterocycles. The highest BCUT2D eigenvalue weighted by Gasteiger charge is 2.26. The van der Waals surface area contributed by atoms with Gasteiger partial charge in [0.15, 0.2) is 0 Å². The molecule has 0 bridgehead atoms. The summed E-state index contributed by atoms with van der Waals surface area (Å²) in [6.07, 6.45) is 5.21. The number of fused-ring (bicyclic) bond motifs is 1. The van der Waals surface area contributed by atoms with E-state index in [-0.39, 0.29) is 0 Å². The van der Waals surface area contributed by atoms with Crippen molar-refractivity contribution in [1.82, 2.24) is 10.3 Å². The first kappa shape index (κ1) is 14.0. The van der Waals surface area contributed by atoms with Gasteiger partial charge in [-0.25, -0.2) is 4.98 Å². The molecule has 1 saturated carbocycles. The summed E-state index contributed by atoms with van der Waals surface area (Å²) in [5, 5.41) is 5.04. The first-order chi connectivity index (χ1) is 9.74. The quantitative estimate of drug-likeness (QED) is 0.909. The lowest BCUT2D eigenvalue weighted by molar-refractivity contribution is 0.210. The summed E-state index contributed by atoms with van der Waals surface area (Å²) in [5.74, 6) is 1.63. The maximum Gasteiger partial charge on any atom is 0.0951 e. The molecule has 1 aromatic carbocycles. The summed E-state index contributed by atoms with van der Waals surface area (Å²) >= 11 is 1.83. The molecule has 1 aliphatic rings. The number of thiazole rings is 1. The lowest BCUT2D eigenvalue weighted by atomic mass is 9.79. The second-order valence-electron chi connectivity index (χ2n) is 6.19. The van der Waals surface area contributed by atoms with Gasteiger partial charge in [0.05, 0.1) is 15.2 Å². The fourth-order valence-corrected chi connectivity index (χ4v) is 4.42. The molecule has 0 radical (unpaired) electrons. The van der Waals surface area contributed by atoms with Crippen LogP contribution in [0.5, 0.6) is 0 Å². The number of rotatable bonds is 4. The highest BCUT2D eigenvalue weighted by molar-refractivity contribution is 7.18. The topological polar surface area (TPSA) is 24.9 Å². The molecule has 1 aliphatic carbocycles. The van der Waals surface area contributed by atoms with Crippen molar-refractivity contribution in [3.63, 3.8) is 0 Å². The third-order valence-electron chi connectivity index (χ3n) is 4.60. The molecule has 0 saturated heterocycles. The van der Waals surface area contributed by atoms with Crippen LogP contribution in [0.1, 0.15) is 38.1 Å². The third kappa shape index (κ3) is 3.04. The lowest BCUT2D eigenvalue weighted by Crippen LogP contribution is -2.43. The van der Waals surface area contributed by atoms with E-state index < -0.39 is 0 Å². The summed E-state index contributed by atoms with van der Waals surface area (Å²) in [5.41, 5.74) is 1.15. The van der Waals surface area contributed by atoms with Gasteiger partial charge in [-0.15, -0.1) is 11.3 Å². The van der Waals surface area contributed by atoms with Crippen molar-refractivity contribution in [3.05, 3.63) is 29.3 Å². The molecule has 0 spiro atoms. The zero-order chi connectivity index (χ0) is 13.9. The van der Waals surface area contributed by atoms with E-state index in [1.165, 1.54) is 29.0 Å². The molecule has 2 aromatic rings. The van der Waals surface area contributed by atoms with Crippen LogP contribution in [0.25, 0.3) is 10.2 Å². The van der Waals surface area contributed by atoms with Crippen LogP contribution in [0, 0.1) is 11.8 Å². The van der Waals surface area contributed by atoms with E-state index in [1.807, 2.05) is 11.3 Å². The van der Waals surface area contributed by atoms with Gasteiger partial charge in [-0.3, -0.25) is 0 Å². The zero-order valence-corrected chi connectivity index (χ0v) is 13.2. The Bertz CT molecular complexity index is 520. The average Bonchev–Trinajstić information content (AvgIpc) is 2.84. The van der Waals surface area contributed by atoms with E-state index in [4.69, 9.17) is 4.98 Å². The molecule has 108 valence electrons. The highest BCUT2D eigenvalue weighted by atomic mass is 32.1. The predicted molar refractivity (Wildman–Crippen MR) is 87.3 cm³/mol. The maximum atomic E-state index is 4.71. The van der Waals surface area contributed by atoms with E-state index in [2.05, 4.69) is 43.4 Å². The second kappa shape index (κ2) is 6.23. The van der Waals surface area contributed by atoms with E-state index >= 15 is 0 Å². The first-order valence-electron chi connectivity index (χ1n) is 7.82. The van der Waals surface area contributed by atoms with Crippen molar-refractivity contribution in [2.45, 2.75) is 45.6 Å². The smallest absolute Gasteiger partial charge is 0.0951 e. The van der Waals surface area contributed by atoms with Gasteiger partial charge >= 0.3 is 0 Å². The summed E-state index contributed by atoms with van der Waals surface area (Å²) in [4.78, 5) is 4.71. The van der Waals surface area contributed by atoms with Gasteiger partial charge in [0, 0.05) is 19.0 Å². The first-order valence-corrected chi connectivity index (χ1v) is 8.63. The molecular weight excluding hydrogens is 264 g/mol. The van der Waals surface area contributed by atoms with Crippen LogP contribution in [0.4, 0.5) is 0 Å². The van der Waals surface area contributed by atoms with Crippen LogP contribution < -0.4 is 5.32 Å². The summed E-state index contributed by atoms with van der Waals surface area (Å²) < 4.78 is 1.31. The largest absolute Gasteiger partial charge is 0.313 e. The monoisotopic (exact) mass is 288 g/mol. The number of nitrogens with zero attached hydrogens (tertiary/aromatic N) is 1. The van der Waals surface area contributed by atoms with Gasteiger partial charge < -0.3 is 5.32 Å². The number of hydrogen-bond acceptors (Lipinski definition) is 3. The SMILES string of the molecule is CC1CCCC(C)C1NCCc1nc2ccccc2s1. The van der Waals surface area contributed by atoms with Crippen LogP contribution >= 0.6 is 11.3 Å². The number of para-hydroxylation sites is 1. The number of hydrogen-bond donors (Lipinski definition) is 1. The van der Waals surface area contributed by atoms with Gasteiger partial charge in [-0.05, 0) is 36.8 Å². The van der Waals surface area contributed by atoms with Crippen molar-refractivity contribution in [1.29, 1.82) is 0 Å². The predicted octanol–water partition coefficient (Wildman–Crippen LogP) is 4.25. The van der Waals surface area contributed by atoms with Crippen molar-refractivity contribution in [3.8, 4) is 0 Å². The molecule has 20 heavy (non-hydrogen) atoms. The Balaban J connectivity index is 1.56. The minimum atomic E-state index is 0.693. The van der Waals surface area contributed by atoms with Crippen LogP contribution in [-0.4, -0.2) is 17.6 Å². The number of benzene rings is 1. The summed E-state index contributed by atoms with van der Waals surface area (Å²) in [6, 6.07) is 9.12. The van der Waals surface area contributed by atoms with Crippen LogP contribution in [0.3, 0.4) is 0 Å². The van der Waals surface area contributed by atoms with Gasteiger partial charge in [0.2, 0.25) is 0 Å². The molecule has 2 unspecified atom stereocenters. The van der Waals surface area contributed by atoms with E-state index in [0.29, 0.717) is 6.04 Å². The molecule has 2 nitrogen and oxygen atoms in total. The fraction of sp³-hybridized carbons (Fsp3) is 0.588. The molecule has 0 amide bonds. The standard InChI is InChI=1S/C17H24N2S/c1-12-6-5-7-13(2)17(12)18-11-10-16-19-14-8-3-4-9-15(14)20-16/h3-4,8-9,12-13,17-18H,5-7,10-11H2,1-2H3. The van der Waals surface area contributed by atoms with Gasteiger partial charge in [0.1, 0.15) is 0 Å². The normalized spacial score (nSPS) is 27.0. The molecule has 1 fully saturated rings. The summed E-state index contributed by atoms with van der Waals surface area (Å²) in [6.45, 7) is 5.84. The van der Waals surface area contributed by atoms with Gasteiger partial charge in [-0.2, -0.15) is 0 Å². The van der Waals surface area contributed by atoms with Crippen molar-refractivity contribution in [2.24, 2.45) is 11.8 Å². The lowest BCUT2D eigenvalue weighted by Gasteiger charge is -2.35. The molecule has 2 atom stereocenters. The molecule has 1 N–H and O–H groups in total. The Labute approximate surface area is 125 Å². The average molecular weight is 288 g/mol. The summed E-state index contributed by atoms with van der Waals surface area (Å²) in [7, 11) is 0. The second-order valence-corrected chi connectivity index (χ2v) is 7.31. The van der Waals surface area contributed by atoms with Crippen LogP contribution in [0.2, 0.25) is 0 Å². The minimum Gasteiger partial charge on any atom is -0.313 e. The van der Waals surface area contributed by atoms with Crippen LogP contribution in [0.15, 0.2) is 24.3 Å². The van der Waals surface area contributed by atoms with Gasteiger partial charge in [-0.1, -0.05) is 32.4 Å². The molecule has 3 heteroatoms. The van der Waals surface area contributed by atoms with Crippen LogP contribution in [-0.2, 0) is 6.42 Å². The Hall–Kier alpha value is -0.930. The van der Waals surface area contributed by atoms with E-state index in [9.17, 15) is 0 Å². The Morgan fingerprint density at radius 3 is 2.70 bits per heavy atom. The minimum absolute atomic E-state index is 0.693. The fourth-order valence-electron chi connectivity index (χ4n) is 3.46. The molecular formula is C17H24N2S. The molecule has 3 rings (SSSR count). The third-order valence-corrected chi connectivity index (χ3v) is 5.70. The molecule has 1 aromatic heterocycles. The maximum absolute atomic E-state index is 4.71. The highest BCUT2D eigenvalue weighted by Crippen LogP contribution is 2.29. The van der Waals surface area contributed by atoms with Crippen molar-refractivity contribution >= 4 is 21.6 Å². The number of aromatic nitrogens is 1. The van der Waals surface area contributed by atoms with Gasteiger partial charge in [0.25, 0.3) is 0 Å². The zero-order valence-electron chi connectivity index (χ0n) is 12.4. The Morgan fingerprint density at radius 1 is 1.20 bits per heavy atom. The number of nitrogens with one attached hydrogen (secondary N) is 1. The van der Waals surface area contributed by atoms with Crippen molar-refractivity contribution in [2.75, 3.05) is 6.54 Å². The Kier molecular flexibility index (Phi) is 4.37.